The number of rotatable bonds is 8. The maximum atomic E-state index is 12.4. The lowest BCUT2D eigenvalue weighted by Crippen LogP contribution is -2.07. The molecule has 0 aliphatic rings. The number of pyridine rings is 1. The Balaban J connectivity index is 1.53. The summed E-state index contributed by atoms with van der Waals surface area (Å²) in [6.45, 7) is 0.691. The minimum absolute atomic E-state index is 0.00950. The molecule has 0 bridgehead atoms. The maximum Gasteiger partial charge on any atom is 0.200 e. The van der Waals surface area contributed by atoms with Crippen LogP contribution in [0.2, 0.25) is 0 Å². The lowest BCUT2D eigenvalue weighted by atomic mass is 10.1. The van der Waals surface area contributed by atoms with Crippen molar-refractivity contribution in [3.8, 4) is 11.6 Å². The van der Waals surface area contributed by atoms with E-state index >= 15 is 0 Å². The van der Waals surface area contributed by atoms with Crippen molar-refractivity contribution in [2.24, 2.45) is 0 Å². The number of aryl methyl sites for hydroxylation is 1. The summed E-state index contributed by atoms with van der Waals surface area (Å²) in [4.78, 5) is 16.4. The van der Waals surface area contributed by atoms with Gasteiger partial charge in [0, 0.05) is 24.5 Å². The molecule has 0 saturated heterocycles. The molecule has 0 saturated carbocycles. The molecule has 4 rings (SSSR count). The van der Waals surface area contributed by atoms with Crippen LogP contribution in [-0.2, 0) is 13.0 Å². The summed E-state index contributed by atoms with van der Waals surface area (Å²) in [6, 6.07) is 17.4. The first-order chi connectivity index (χ1) is 13.8. The Morgan fingerprint density at radius 1 is 1.04 bits per heavy atom. The zero-order valence-electron chi connectivity index (χ0n) is 15.1. The van der Waals surface area contributed by atoms with Crippen molar-refractivity contribution in [3.05, 3.63) is 84.4 Å². The lowest BCUT2D eigenvalue weighted by Gasteiger charge is -2.09. The number of furan rings is 1. The SMILES string of the molecule is O=C(CSc1nnc(-c2ccco2)n1CCc1ccccc1)c1cccnc1. The minimum atomic E-state index is 0.00950. The van der Waals surface area contributed by atoms with E-state index in [0.717, 1.165) is 6.42 Å². The highest BCUT2D eigenvalue weighted by atomic mass is 32.2. The molecule has 0 aliphatic carbocycles. The molecule has 0 atom stereocenters. The van der Waals surface area contributed by atoms with E-state index in [2.05, 4.69) is 27.3 Å². The Hall–Kier alpha value is -3.19. The van der Waals surface area contributed by atoms with E-state index in [1.807, 2.05) is 34.9 Å². The van der Waals surface area contributed by atoms with E-state index in [9.17, 15) is 4.79 Å². The van der Waals surface area contributed by atoms with Crippen molar-refractivity contribution in [3.63, 3.8) is 0 Å². The number of benzene rings is 1. The second-order valence-electron chi connectivity index (χ2n) is 6.12. The summed E-state index contributed by atoms with van der Waals surface area (Å²) >= 11 is 1.37. The first-order valence-corrected chi connectivity index (χ1v) is 9.87. The lowest BCUT2D eigenvalue weighted by molar-refractivity contribution is 0.102. The second-order valence-corrected chi connectivity index (χ2v) is 7.07. The predicted molar refractivity (Wildman–Crippen MR) is 107 cm³/mol. The van der Waals surface area contributed by atoms with Crippen LogP contribution >= 0.6 is 11.8 Å². The summed E-state index contributed by atoms with van der Waals surface area (Å²) in [6.07, 6.45) is 5.68. The second kappa shape index (κ2) is 8.67. The molecular weight excluding hydrogens is 372 g/mol. The molecule has 140 valence electrons. The highest BCUT2D eigenvalue weighted by Crippen LogP contribution is 2.25. The van der Waals surface area contributed by atoms with E-state index in [0.29, 0.717) is 28.8 Å². The molecule has 4 aromatic rings. The van der Waals surface area contributed by atoms with Gasteiger partial charge in [0.25, 0.3) is 0 Å². The van der Waals surface area contributed by atoms with E-state index < -0.39 is 0 Å². The fraction of sp³-hybridized carbons (Fsp3) is 0.143. The van der Waals surface area contributed by atoms with Crippen LogP contribution in [0.4, 0.5) is 0 Å². The maximum absolute atomic E-state index is 12.4. The van der Waals surface area contributed by atoms with Crippen LogP contribution < -0.4 is 0 Å². The first-order valence-electron chi connectivity index (χ1n) is 8.88. The monoisotopic (exact) mass is 390 g/mol. The third kappa shape index (κ3) is 4.20. The fourth-order valence-electron chi connectivity index (χ4n) is 2.81. The van der Waals surface area contributed by atoms with Crippen LogP contribution in [0, 0.1) is 0 Å². The Kier molecular flexibility index (Phi) is 5.63. The predicted octanol–water partition coefficient (Wildman–Crippen LogP) is 4.15. The molecule has 0 spiro atoms. The number of carbonyl (C=O) groups is 1. The van der Waals surface area contributed by atoms with E-state index in [1.165, 1.54) is 17.3 Å². The number of ketones is 1. The molecule has 28 heavy (non-hydrogen) atoms. The Morgan fingerprint density at radius 3 is 2.68 bits per heavy atom. The molecule has 3 aromatic heterocycles. The highest BCUT2D eigenvalue weighted by molar-refractivity contribution is 7.99. The molecule has 3 heterocycles. The van der Waals surface area contributed by atoms with Gasteiger partial charge in [-0.2, -0.15) is 0 Å². The molecule has 1 aromatic carbocycles. The van der Waals surface area contributed by atoms with Gasteiger partial charge in [-0.05, 0) is 36.2 Å². The van der Waals surface area contributed by atoms with Crippen molar-refractivity contribution >= 4 is 17.5 Å². The van der Waals surface area contributed by atoms with Crippen molar-refractivity contribution in [1.82, 2.24) is 19.7 Å². The van der Waals surface area contributed by atoms with Gasteiger partial charge < -0.3 is 4.42 Å². The highest BCUT2D eigenvalue weighted by Gasteiger charge is 2.18. The van der Waals surface area contributed by atoms with E-state index in [4.69, 9.17) is 4.42 Å². The van der Waals surface area contributed by atoms with Gasteiger partial charge in [-0.25, -0.2) is 0 Å². The van der Waals surface area contributed by atoms with Gasteiger partial charge in [0.2, 0.25) is 0 Å². The molecule has 0 N–H and O–H groups in total. The molecule has 0 amide bonds. The van der Waals surface area contributed by atoms with Crippen molar-refractivity contribution < 1.29 is 9.21 Å². The standard InChI is InChI=1S/C21H18N4O2S/c26-18(17-8-4-11-22-14-17)15-28-21-24-23-20(19-9-5-13-27-19)25(21)12-10-16-6-2-1-3-7-16/h1-9,11,13-14H,10,12,15H2. The van der Waals surface area contributed by atoms with Crippen LogP contribution in [0.1, 0.15) is 15.9 Å². The van der Waals surface area contributed by atoms with E-state index in [1.54, 1.807) is 30.8 Å². The van der Waals surface area contributed by atoms with Gasteiger partial charge in [-0.15, -0.1) is 10.2 Å². The fourth-order valence-corrected chi connectivity index (χ4v) is 3.67. The van der Waals surface area contributed by atoms with Gasteiger partial charge in [0.05, 0.1) is 12.0 Å². The summed E-state index contributed by atoms with van der Waals surface area (Å²) in [5.74, 6) is 1.60. The van der Waals surface area contributed by atoms with Crippen LogP contribution in [0.5, 0.6) is 0 Å². The first kappa shape index (κ1) is 18.2. The number of thioether (sulfide) groups is 1. The number of carbonyl (C=O) groups excluding carboxylic acids is 1. The zero-order chi connectivity index (χ0) is 19.2. The average molecular weight is 390 g/mol. The third-order valence-corrected chi connectivity index (χ3v) is 5.21. The summed E-state index contributed by atoms with van der Waals surface area (Å²) in [5, 5.41) is 9.29. The number of Topliss-reactive ketones (excluding diaryl/α,β-unsaturated/α-hetero) is 1. The Labute approximate surface area is 166 Å². The summed E-state index contributed by atoms with van der Waals surface area (Å²) < 4.78 is 7.52. The molecule has 0 radical (unpaired) electrons. The summed E-state index contributed by atoms with van der Waals surface area (Å²) in [7, 11) is 0. The van der Waals surface area contributed by atoms with Gasteiger partial charge in [0.1, 0.15) is 0 Å². The number of hydrogen-bond donors (Lipinski definition) is 0. The third-order valence-electron chi connectivity index (χ3n) is 4.24. The zero-order valence-corrected chi connectivity index (χ0v) is 15.9. The van der Waals surface area contributed by atoms with Crippen molar-refractivity contribution in [2.45, 2.75) is 18.1 Å². The quantitative estimate of drug-likeness (QED) is 0.332. The number of aromatic nitrogens is 4. The Bertz CT molecular complexity index is 1030. The van der Waals surface area contributed by atoms with Crippen LogP contribution in [0.3, 0.4) is 0 Å². The normalized spacial score (nSPS) is 10.9. The molecule has 6 nitrogen and oxygen atoms in total. The van der Waals surface area contributed by atoms with Gasteiger partial charge in [-0.1, -0.05) is 42.1 Å². The number of hydrogen-bond acceptors (Lipinski definition) is 6. The number of nitrogens with zero attached hydrogens (tertiary/aromatic N) is 4. The molecule has 0 fully saturated rings. The smallest absolute Gasteiger partial charge is 0.200 e. The van der Waals surface area contributed by atoms with Gasteiger partial charge in [-0.3, -0.25) is 14.3 Å². The van der Waals surface area contributed by atoms with Crippen LogP contribution in [0.25, 0.3) is 11.6 Å². The minimum Gasteiger partial charge on any atom is -0.461 e. The largest absolute Gasteiger partial charge is 0.461 e. The van der Waals surface area contributed by atoms with E-state index in [-0.39, 0.29) is 11.5 Å². The Morgan fingerprint density at radius 2 is 1.93 bits per heavy atom. The van der Waals surface area contributed by atoms with Crippen LogP contribution in [0.15, 0.2) is 82.8 Å². The average Bonchev–Trinajstić information content (AvgIpc) is 3.41. The molecular formula is C21H18N4O2S. The van der Waals surface area contributed by atoms with Gasteiger partial charge >= 0.3 is 0 Å². The van der Waals surface area contributed by atoms with Crippen LogP contribution in [-0.4, -0.2) is 31.3 Å². The molecule has 7 heteroatoms. The van der Waals surface area contributed by atoms with Gasteiger partial charge in [0.15, 0.2) is 22.5 Å². The van der Waals surface area contributed by atoms with Crippen molar-refractivity contribution in [1.29, 1.82) is 0 Å². The summed E-state index contributed by atoms with van der Waals surface area (Å²) in [5.41, 5.74) is 1.82. The van der Waals surface area contributed by atoms with Crippen molar-refractivity contribution in [2.75, 3.05) is 5.75 Å². The topological polar surface area (TPSA) is 73.8 Å². The molecule has 0 unspecified atom stereocenters. The molecule has 0 aliphatic heterocycles.